The summed E-state index contributed by atoms with van der Waals surface area (Å²) in [5.41, 5.74) is 23.2. The molecule has 0 saturated heterocycles. The van der Waals surface area contributed by atoms with Crippen molar-refractivity contribution in [2.45, 2.75) is 78.6 Å². The Morgan fingerprint density at radius 3 is 1.67 bits per heavy atom. The third-order valence-corrected chi connectivity index (χ3v) is 20.1. The summed E-state index contributed by atoms with van der Waals surface area (Å²) in [5, 5.41) is 6.45. The van der Waals surface area contributed by atoms with Gasteiger partial charge in [-0.2, -0.15) is 0 Å². The number of anilines is 9. The number of thiophene rings is 2. The van der Waals surface area contributed by atoms with Gasteiger partial charge in [-0.25, -0.2) is 0 Å². The number of nitrogens with zero attached hydrogens (tertiary/aromatic N) is 4. The summed E-state index contributed by atoms with van der Waals surface area (Å²) in [5.74, 6) is 0. The van der Waals surface area contributed by atoms with Crippen LogP contribution in [0.5, 0.6) is 0 Å². The quantitative estimate of drug-likeness (QED) is 0.160. The first-order valence-corrected chi connectivity index (χ1v) is 30.2. The molecule has 392 valence electrons. The van der Waals surface area contributed by atoms with E-state index in [2.05, 4.69) is 288 Å². The van der Waals surface area contributed by atoms with Crippen LogP contribution in [0.15, 0.2) is 206 Å². The zero-order valence-electron chi connectivity index (χ0n) is 47.3. The molecule has 4 nitrogen and oxygen atoms in total. The summed E-state index contributed by atoms with van der Waals surface area (Å²) < 4.78 is 7.90. The lowest BCUT2D eigenvalue weighted by molar-refractivity contribution is 0.590. The maximum Gasteiger partial charge on any atom is 0.264 e. The van der Waals surface area contributed by atoms with Gasteiger partial charge in [0.15, 0.2) is 0 Å². The molecule has 0 aliphatic carbocycles. The summed E-state index contributed by atoms with van der Waals surface area (Å²) in [6.07, 6.45) is 0. The smallest absolute Gasteiger partial charge is 0.264 e. The topological polar surface area (TPSA) is 14.7 Å². The molecule has 6 heterocycles. The SMILES string of the molecule is CC(C)(C)c1cc2c3c(c1)-n1c4ccc(C(C)(C)C)cc4c4cc(C(C)(C)C)cc(c41)N3c1cc(N(c3ccccc3)c3ccccc3)cc3c1B2c1sc2ccc(-c4ccccc4)cc2c1N3c1cccc2c1sc1ccccc12. The fourth-order valence-electron chi connectivity index (χ4n) is 13.6. The Morgan fingerprint density at radius 2 is 0.975 bits per heavy atom. The molecule has 0 saturated carbocycles. The fourth-order valence-corrected chi connectivity index (χ4v) is 16.1. The summed E-state index contributed by atoms with van der Waals surface area (Å²) in [6, 6.07) is 78.8. The first-order valence-electron chi connectivity index (χ1n) is 28.6. The van der Waals surface area contributed by atoms with Crippen LogP contribution in [0.2, 0.25) is 0 Å². The second-order valence-corrected chi connectivity index (χ2v) is 27.9. The number of para-hydroxylation sites is 2. The van der Waals surface area contributed by atoms with Gasteiger partial charge in [-0.3, -0.25) is 0 Å². The Morgan fingerprint density at radius 1 is 0.383 bits per heavy atom. The zero-order chi connectivity index (χ0) is 55.0. The minimum Gasteiger partial charge on any atom is -0.310 e. The summed E-state index contributed by atoms with van der Waals surface area (Å²) in [4.78, 5) is 7.92. The number of fused-ring (bicyclic) bond motifs is 14. The Hall–Kier alpha value is -8.36. The van der Waals surface area contributed by atoms with Gasteiger partial charge in [0, 0.05) is 63.9 Å². The molecule has 0 radical (unpaired) electrons. The molecule has 3 aliphatic heterocycles. The van der Waals surface area contributed by atoms with E-state index in [0.29, 0.717) is 0 Å². The van der Waals surface area contributed by atoms with Crippen molar-refractivity contribution in [2.24, 2.45) is 0 Å². The van der Waals surface area contributed by atoms with Crippen LogP contribution in [0.25, 0.3) is 68.9 Å². The van der Waals surface area contributed by atoms with Crippen molar-refractivity contribution < 1.29 is 0 Å². The minimum absolute atomic E-state index is 0.0276. The van der Waals surface area contributed by atoms with Gasteiger partial charge in [0.25, 0.3) is 6.71 Å². The molecule has 0 spiro atoms. The predicted molar refractivity (Wildman–Crippen MR) is 353 cm³/mol. The largest absolute Gasteiger partial charge is 0.310 e. The third-order valence-electron chi connectivity index (χ3n) is 17.7. The van der Waals surface area contributed by atoms with Crippen molar-refractivity contribution in [1.82, 2.24) is 4.57 Å². The molecule has 10 aromatic carbocycles. The van der Waals surface area contributed by atoms with E-state index in [0.717, 1.165) is 17.1 Å². The molecule has 0 bridgehead atoms. The summed E-state index contributed by atoms with van der Waals surface area (Å²) >= 11 is 3.90. The van der Waals surface area contributed by atoms with Crippen molar-refractivity contribution in [3.05, 3.63) is 223 Å². The van der Waals surface area contributed by atoms with E-state index in [1.54, 1.807) is 0 Å². The van der Waals surface area contributed by atoms with Gasteiger partial charge in [0.1, 0.15) is 0 Å². The molecule has 0 fully saturated rings. The first kappa shape index (κ1) is 48.5. The Kier molecular flexibility index (Phi) is 10.2. The maximum absolute atomic E-state index is 2.73. The molecule has 0 atom stereocenters. The van der Waals surface area contributed by atoms with Crippen LogP contribution >= 0.6 is 22.7 Å². The van der Waals surface area contributed by atoms with Crippen LogP contribution in [-0.4, -0.2) is 11.3 Å². The Balaban J connectivity index is 1.11. The molecule has 3 aromatic heterocycles. The van der Waals surface area contributed by atoms with Crippen molar-refractivity contribution in [2.75, 3.05) is 14.7 Å². The van der Waals surface area contributed by atoms with Crippen LogP contribution < -0.4 is 30.4 Å². The summed E-state index contributed by atoms with van der Waals surface area (Å²) in [6.45, 7) is 21.3. The Labute approximate surface area is 482 Å². The Bertz CT molecular complexity index is 4740. The van der Waals surface area contributed by atoms with Crippen LogP contribution in [0.3, 0.4) is 0 Å². The molecule has 7 heteroatoms. The molecular formula is C74H61BN4S2. The minimum atomic E-state index is -0.155. The number of aromatic nitrogens is 1. The van der Waals surface area contributed by atoms with Crippen molar-refractivity contribution in [3.8, 4) is 16.8 Å². The standard InChI is InChI=1S/C74H61BN4S2/c1-72(2,3)46-33-34-58-54(37-46)55-38-47(73(4,5)6)40-62-67(55)77(58)63-41-48(74(7,8)9)39-57-69(63)79(62)61-43-51(76(49-24-15-11-16-25-49)50-26-17-12-18-27-50)42-60-66(61)75(57)71-68(56-36-45(32-35-65(56)81-71)44-22-13-10-14-23-44)78(60)59-30-21-29-53-52-28-19-20-31-64(52)80-70(53)59/h10-43H,1-9H3. The molecule has 0 N–H and O–H groups in total. The molecule has 16 rings (SSSR count). The average Bonchev–Trinajstić information content (AvgIpc) is 1.91. The van der Waals surface area contributed by atoms with Gasteiger partial charge in [-0.05, 0) is 146 Å². The highest BCUT2D eigenvalue weighted by atomic mass is 32.1. The number of hydrogen-bond acceptors (Lipinski definition) is 5. The second kappa shape index (κ2) is 17.1. The van der Waals surface area contributed by atoms with E-state index >= 15 is 0 Å². The normalized spacial score (nSPS) is 13.7. The molecule has 81 heavy (non-hydrogen) atoms. The average molecular weight is 1080 g/mol. The number of rotatable bonds is 5. The summed E-state index contributed by atoms with van der Waals surface area (Å²) in [7, 11) is 0. The lowest BCUT2D eigenvalue weighted by Gasteiger charge is -2.46. The monoisotopic (exact) mass is 1080 g/mol. The highest BCUT2D eigenvalue weighted by molar-refractivity contribution is 7.34. The van der Waals surface area contributed by atoms with Crippen LogP contribution in [0.1, 0.15) is 79.0 Å². The fraction of sp³-hybridized carbons (Fsp3) is 0.162. The zero-order valence-corrected chi connectivity index (χ0v) is 48.9. The molecule has 0 unspecified atom stereocenters. The number of hydrogen-bond donors (Lipinski definition) is 0. The van der Waals surface area contributed by atoms with Gasteiger partial charge in [-0.15, -0.1) is 22.7 Å². The van der Waals surface area contributed by atoms with Crippen LogP contribution in [0.4, 0.5) is 51.2 Å². The lowest BCUT2D eigenvalue weighted by atomic mass is 9.35. The van der Waals surface area contributed by atoms with E-state index < -0.39 is 0 Å². The van der Waals surface area contributed by atoms with E-state index in [1.807, 2.05) is 22.7 Å². The lowest BCUT2D eigenvalue weighted by Crippen LogP contribution is -2.61. The van der Waals surface area contributed by atoms with E-state index in [1.165, 1.54) is 135 Å². The number of benzene rings is 10. The predicted octanol–water partition coefficient (Wildman–Crippen LogP) is 19.8. The molecule has 13 aromatic rings. The second-order valence-electron chi connectivity index (χ2n) is 25.8. The molecular weight excluding hydrogens is 1020 g/mol. The molecule has 3 aliphatic rings. The van der Waals surface area contributed by atoms with Crippen molar-refractivity contribution in [1.29, 1.82) is 0 Å². The first-order chi connectivity index (χ1) is 39.1. The highest BCUT2D eigenvalue weighted by Gasteiger charge is 2.49. The van der Waals surface area contributed by atoms with Gasteiger partial charge in [-0.1, -0.05) is 178 Å². The van der Waals surface area contributed by atoms with E-state index in [4.69, 9.17) is 0 Å². The van der Waals surface area contributed by atoms with E-state index in [9.17, 15) is 0 Å². The maximum atomic E-state index is 2.73. The van der Waals surface area contributed by atoms with Gasteiger partial charge in [0.2, 0.25) is 0 Å². The van der Waals surface area contributed by atoms with Gasteiger partial charge >= 0.3 is 0 Å². The van der Waals surface area contributed by atoms with Gasteiger partial charge < -0.3 is 19.3 Å². The van der Waals surface area contributed by atoms with Crippen molar-refractivity contribution >= 4 is 148 Å². The van der Waals surface area contributed by atoms with Crippen molar-refractivity contribution in [3.63, 3.8) is 0 Å². The third kappa shape index (κ3) is 7.14. The van der Waals surface area contributed by atoms with Crippen LogP contribution in [0, 0.1) is 0 Å². The van der Waals surface area contributed by atoms with Gasteiger partial charge in [0.05, 0.1) is 49.9 Å². The molecule has 0 amide bonds. The van der Waals surface area contributed by atoms with Crippen LogP contribution in [-0.2, 0) is 16.2 Å². The highest BCUT2D eigenvalue weighted by Crippen LogP contribution is 2.58. The van der Waals surface area contributed by atoms with E-state index in [-0.39, 0.29) is 23.0 Å².